The van der Waals surface area contributed by atoms with Gasteiger partial charge >= 0.3 is 0 Å². The van der Waals surface area contributed by atoms with Crippen LogP contribution in [0.3, 0.4) is 0 Å². The molecule has 1 N–H and O–H groups in total. The Hall–Kier alpha value is -0.710. The van der Waals surface area contributed by atoms with Gasteiger partial charge in [0.2, 0.25) is 0 Å². The Bertz CT molecular complexity index is 571. The van der Waals surface area contributed by atoms with Gasteiger partial charge in [0.15, 0.2) is 0 Å². The molecule has 0 radical (unpaired) electrons. The molecule has 0 fully saturated rings. The van der Waals surface area contributed by atoms with Crippen LogP contribution in [0.15, 0.2) is 40.8 Å². The van der Waals surface area contributed by atoms with Crippen molar-refractivity contribution in [2.24, 2.45) is 0 Å². The highest BCUT2D eigenvalue weighted by atomic mass is 35.5. The zero-order valence-electron chi connectivity index (χ0n) is 14.3. The molecule has 0 aliphatic rings. The van der Waals surface area contributed by atoms with Crippen molar-refractivity contribution in [2.75, 3.05) is 26.2 Å². The minimum atomic E-state index is 0. The van der Waals surface area contributed by atoms with Gasteiger partial charge in [-0.2, -0.15) is 0 Å². The second-order valence-corrected chi connectivity index (χ2v) is 5.71. The number of benzene rings is 1. The molecule has 0 saturated carbocycles. The molecule has 0 aliphatic carbocycles. The average Bonchev–Trinajstić information content (AvgIpc) is 3.00. The van der Waals surface area contributed by atoms with E-state index in [0.717, 1.165) is 61.3 Å². The highest BCUT2D eigenvalue weighted by Crippen LogP contribution is 2.28. The molecular weight excluding hydrogens is 367 g/mol. The molecule has 0 atom stereocenters. The lowest BCUT2D eigenvalue weighted by Crippen LogP contribution is -2.27. The number of hydrogen-bond donors (Lipinski definition) is 1. The van der Waals surface area contributed by atoms with E-state index in [1.165, 1.54) is 0 Å². The minimum Gasteiger partial charge on any atom is -0.460 e. The van der Waals surface area contributed by atoms with Crippen molar-refractivity contribution in [1.82, 2.24) is 10.2 Å². The second kappa shape index (κ2) is 12.6. The lowest BCUT2D eigenvalue weighted by atomic mass is 10.2. The Morgan fingerprint density at radius 1 is 1.04 bits per heavy atom. The molecule has 6 heteroatoms. The van der Waals surface area contributed by atoms with Crippen LogP contribution < -0.4 is 5.32 Å². The zero-order chi connectivity index (χ0) is 15.8. The van der Waals surface area contributed by atoms with E-state index in [4.69, 9.17) is 16.0 Å². The lowest BCUT2D eigenvalue weighted by molar-refractivity contribution is 0.297. The van der Waals surface area contributed by atoms with Crippen LogP contribution >= 0.6 is 36.4 Å². The fourth-order valence-electron chi connectivity index (χ4n) is 2.46. The van der Waals surface area contributed by atoms with Gasteiger partial charge in [0.25, 0.3) is 0 Å². The van der Waals surface area contributed by atoms with E-state index in [9.17, 15) is 0 Å². The molecule has 1 heterocycles. The predicted molar refractivity (Wildman–Crippen MR) is 108 cm³/mol. The largest absolute Gasteiger partial charge is 0.460 e. The number of furan rings is 1. The topological polar surface area (TPSA) is 28.4 Å². The normalized spacial score (nSPS) is 10.3. The van der Waals surface area contributed by atoms with Crippen LogP contribution in [-0.4, -0.2) is 31.1 Å². The summed E-state index contributed by atoms with van der Waals surface area (Å²) in [4.78, 5) is 2.43. The van der Waals surface area contributed by atoms with Gasteiger partial charge in [0.1, 0.15) is 11.5 Å². The van der Waals surface area contributed by atoms with E-state index in [1.807, 2.05) is 36.4 Å². The van der Waals surface area contributed by atoms with Crippen LogP contribution in [0.2, 0.25) is 5.02 Å². The maximum Gasteiger partial charge on any atom is 0.135 e. The van der Waals surface area contributed by atoms with E-state index < -0.39 is 0 Å². The van der Waals surface area contributed by atoms with Crippen LogP contribution in [0.25, 0.3) is 11.3 Å². The fourth-order valence-corrected chi connectivity index (χ4v) is 2.69. The molecule has 0 bridgehead atoms. The van der Waals surface area contributed by atoms with Crippen LogP contribution in [0.1, 0.15) is 26.0 Å². The molecule has 0 saturated heterocycles. The molecule has 0 unspecified atom stereocenters. The molecule has 1 aromatic heterocycles. The van der Waals surface area contributed by atoms with Crippen molar-refractivity contribution in [3.8, 4) is 11.3 Å². The second-order valence-electron chi connectivity index (χ2n) is 5.30. The highest BCUT2D eigenvalue weighted by molar-refractivity contribution is 6.33. The number of hydrogen-bond acceptors (Lipinski definition) is 3. The van der Waals surface area contributed by atoms with Gasteiger partial charge in [-0.25, -0.2) is 0 Å². The van der Waals surface area contributed by atoms with Crippen LogP contribution in [0.5, 0.6) is 0 Å². The fraction of sp³-hybridized carbons (Fsp3) is 0.444. The summed E-state index contributed by atoms with van der Waals surface area (Å²) in [6, 6.07) is 11.7. The Morgan fingerprint density at radius 2 is 1.75 bits per heavy atom. The van der Waals surface area contributed by atoms with Gasteiger partial charge in [0.05, 0.1) is 11.6 Å². The van der Waals surface area contributed by atoms with Crippen molar-refractivity contribution >= 4 is 36.4 Å². The number of nitrogens with zero attached hydrogens (tertiary/aromatic N) is 1. The monoisotopic (exact) mass is 392 g/mol. The third-order valence-electron chi connectivity index (χ3n) is 3.82. The molecule has 24 heavy (non-hydrogen) atoms. The Labute approximate surface area is 162 Å². The standard InChI is InChI=1S/C18H25ClN2O.2ClH/c1-3-21(4-2)13-7-12-20-14-15-10-11-18(22-15)16-8-5-6-9-17(16)19;;/h5-6,8-11,20H,3-4,7,12-14H2,1-2H3;2*1H. The van der Waals surface area contributed by atoms with Crippen LogP contribution in [0.4, 0.5) is 0 Å². The van der Waals surface area contributed by atoms with Crippen LogP contribution in [-0.2, 0) is 6.54 Å². The lowest BCUT2D eigenvalue weighted by Gasteiger charge is -2.17. The summed E-state index contributed by atoms with van der Waals surface area (Å²) in [6.45, 7) is 9.54. The van der Waals surface area contributed by atoms with E-state index in [1.54, 1.807) is 0 Å². The number of halogens is 3. The third kappa shape index (κ3) is 7.04. The minimum absolute atomic E-state index is 0. The van der Waals surface area contributed by atoms with E-state index in [2.05, 4.69) is 24.1 Å². The van der Waals surface area contributed by atoms with E-state index in [-0.39, 0.29) is 24.8 Å². The first-order valence-electron chi connectivity index (χ1n) is 8.01. The van der Waals surface area contributed by atoms with Gasteiger partial charge in [-0.1, -0.05) is 37.6 Å². The molecular formula is C18H27Cl3N2O. The Morgan fingerprint density at radius 3 is 2.42 bits per heavy atom. The smallest absolute Gasteiger partial charge is 0.135 e. The molecule has 2 rings (SSSR count). The first kappa shape index (κ1) is 23.3. The van der Waals surface area contributed by atoms with Gasteiger partial charge < -0.3 is 14.6 Å². The zero-order valence-corrected chi connectivity index (χ0v) is 16.6. The van der Waals surface area contributed by atoms with Gasteiger partial charge in [-0.3, -0.25) is 0 Å². The third-order valence-corrected chi connectivity index (χ3v) is 4.15. The highest BCUT2D eigenvalue weighted by Gasteiger charge is 2.07. The number of nitrogens with one attached hydrogen (secondary N) is 1. The summed E-state index contributed by atoms with van der Waals surface area (Å²) < 4.78 is 5.86. The van der Waals surface area contributed by atoms with Crippen molar-refractivity contribution < 1.29 is 4.42 Å². The number of rotatable bonds is 9. The molecule has 3 nitrogen and oxygen atoms in total. The first-order valence-corrected chi connectivity index (χ1v) is 8.39. The molecule has 0 amide bonds. The van der Waals surface area contributed by atoms with Crippen molar-refractivity contribution in [3.63, 3.8) is 0 Å². The van der Waals surface area contributed by atoms with Crippen molar-refractivity contribution in [1.29, 1.82) is 0 Å². The summed E-state index contributed by atoms with van der Waals surface area (Å²) in [5, 5.41) is 4.15. The Kier molecular flexibility index (Phi) is 12.3. The molecule has 1 aromatic carbocycles. The first-order chi connectivity index (χ1) is 10.7. The quantitative estimate of drug-likeness (QED) is 0.589. The average molecular weight is 394 g/mol. The van der Waals surface area contributed by atoms with Crippen molar-refractivity contribution in [3.05, 3.63) is 47.2 Å². The SMILES string of the molecule is CCN(CC)CCCNCc1ccc(-c2ccccc2Cl)o1.Cl.Cl. The Balaban J connectivity index is 0.00000264. The van der Waals surface area contributed by atoms with Crippen LogP contribution in [0, 0.1) is 0 Å². The van der Waals surface area contributed by atoms with Gasteiger partial charge in [-0.05, 0) is 56.9 Å². The predicted octanol–water partition coefficient (Wildman–Crippen LogP) is 5.27. The molecule has 136 valence electrons. The maximum atomic E-state index is 6.19. The summed E-state index contributed by atoms with van der Waals surface area (Å²) in [5.74, 6) is 1.77. The molecule has 0 spiro atoms. The van der Waals surface area contributed by atoms with Crippen molar-refractivity contribution in [2.45, 2.75) is 26.8 Å². The summed E-state index contributed by atoms with van der Waals surface area (Å²) in [6.07, 6.45) is 1.15. The summed E-state index contributed by atoms with van der Waals surface area (Å²) >= 11 is 6.19. The molecule has 2 aromatic rings. The maximum absolute atomic E-state index is 6.19. The summed E-state index contributed by atoms with van der Waals surface area (Å²) in [7, 11) is 0. The summed E-state index contributed by atoms with van der Waals surface area (Å²) in [5.41, 5.74) is 0.942. The van der Waals surface area contributed by atoms with E-state index >= 15 is 0 Å². The van der Waals surface area contributed by atoms with E-state index in [0.29, 0.717) is 0 Å². The van der Waals surface area contributed by atoms with Gasteiger partial charge in [0, 0.05) is 5.56 Å². The van der Waals surface area contributed by atoms with Gasteiger partial charge in [-0.15, -0.1) is 24.8 Å². The molecule has 0 aliphatic heterocycles.